The van der Waals surface area contributed by atoms with Gasteiger partial charge in [0, 0.05) is 18.1 Å². The minimum absolute atomic E-state index is 0.0809. The Kier molecular flexibility index (Phi) is 2.04. The fraction of sp³-hybridized carbons (Fsp3) is 0.889. The highest BCUT2D eigenvalue weighted by Gasteiger charge is 2.53. The summed E-state index contributed by atoms with van der Waals surface area (Å²) in [6.07, 6.45) is 3.06. The Morgan fingerprint density at radius 1 is 1.69 bits per heavy atom. The van der Waals surface area contributed by atoms with Crippen molar-refractivity contribution in [3.8, 4) is 0 Å². The van der Waals surface area contributed by atoms with Gasteiger partial charge in [-0.25, -0.2) is 0 Å². The number of nitrogens with two attached hydrogens (primary N) is 1. The van der Waals surface area contributed by atoms with Gasteiger partial charge in [-0.15, -0.1) is 0 Å². The van der Waals surface area contributed by atoms with Crippen molar-refractivity contribution < 1.29 is 14.6 Å². The first-order valence-electron chi connectivity index (χ1n) is 4.74. The molecule has 0 radical (unpaired) electrons. The number of aliphatic carboxylic acids is 1. The van der Waals surface area contributed by atoms with E-state index >= 15 is 0 Å². The van der Waals surface area contributed by atoms with Crippen LogP contribution < -0.4 is 5.73 Å². The van der Waals surface area contributed by atoms with Gasteiger partial charge in [0.15, 0.2) is 0 Å². The average Bonchev–Trinajstić information content (AvgIpc) is 2.02. The summed E-state index contributed by atoms with van der Waals surface area (Å²) >= 11 is 0. The van der Waals surface area contributed by atoms with E-state index in [-0.39, 0.29) is 18.4 Å². The fourth-order valence-electron chi connectivity index (χ4n) is 2.55. The molecule has 2 fully saturated rings. The molecule has 1 saturated carbocycles. The molecule has 3 N–H and O–H groups in total. The predicted molar refractivity (Wildman–Crippen MR) is 46.3 cm³/mol. The molecular weight excluding hydrogens is 170 g/mol. The van der Waals surface area contributed by atoms with E-state index in [4.69, 9.17) is 15.6 Å². The van der Waals surface area contributed by atoms with Crippen molar-refractivity contribution >= 4 is 5.97 Å². The van der Waals surface area contributed by atoms with Crippen LogP contribution >= 0.6 is 0 Å². The van der Waals surface area contributed by atoms with E-state index in [1.54, 1.807) is 0 Å². The molecule has 0 bridgehead atoms. The van der Waals surface area contributed by atoms with E-state index < -0.39 is 11.5 Å². The number of hydrogen-bond donors (Lipinski definition) is 2. The lowest BCUT2D eigenvalue weighted by molar-refractivity contribution is -0.155. The molecule has 2 aliphatic rings. The highest BCUT2D eigenvalue weighted by molar-refractivity contribution is 5.68. The number of carbonyl (C=O) groups is 1. The van der Waals surface area contributed by atoms with E-state index in [0.29, 0.717) is 6.42 Å². The second kappa shape index (κ2) is 2.96. The monoisotopic (exact) mass is 185 g/mol. The topological polar surface area (TPSA) is 72.6 Å². The van der Waals surface area contributed by atoms with Crippen LogP contribution in [-0.4, -0.2) is 29.3 Å². The van der Waals surface area contributed by atoms with Crippen LogP contribution in [0.3, 0.4) is 0 Å². The summed E-state index contributed by atoms with van der Waals surface area (Å²) < 4.78 is 5.48. The van der Waals surface area contributed by atoms with Crippen LogP contribution in [-0.2, 0) is 9.53 Å². The standard InChI is InChI=1S/C9H15NO3/c10-9(5-8(11)12)4-7-6(9)2-1-3-13-7/h6-7H,1-5,10H2,(H,11,12)/t6-,7-,9?/m1/s1. The minimum atomic E-state index is -0.800. The molecule has 13 heavy (non-hydrogen) atoms. The zero-order chi connectivity index (χ0) is 9.47. The third-order valence-corrected chi connectivity index (χ3v) is 3.24. The van der Waals surface area contributed by atoms with Crippen molar-refractivity contribution in [1.82, 2.24) is 0 Å². The summed E-state index contributed by atoms with van der Waals surface area (Å²) in [5, 5.41) is 8.68. The summed E-state index contributed by atoms with van der Waals surface area (Å²) in [4.78, 5) is 10.6. The van der Waals surface area contributed by atoms with E-state index in [0.717, 1.165) is 19.4 Å². The maximum Gasteiger partial charge on any atom is 0.305 e. The smallest absolute Gasteiger partial charge is 0.305 e. The summed E-state index contributed by atoms with van der Waals surface area (Å²) in [7, 11) is 0. The van der Waals surface area contributed by atoms with Crippen molar-refractivity contribution in [2.75, 3.05) is 6.61 Å². The minimum Gasteiger partial charge on any atom is -0.481 e. The highest BCUT2D eigenvalue weighted by atomic mass is 16.5. The van der Waals surface area contributed by atoms with Crippen molar-refractivity contribution in [3.05, 3.63) is 0 Å². The van der Waals surface area contributed by atoms with Crippen LogP contribution in [0.15, 0.2) is 0 Å². The molecule has 4 nitrogen and oxygen atoms in total. The molecule has 2 rings (SSSR count). The average molecular weight is 185 g/mol. The van der Waals surface area contributed by atoms with Gasteiger partial charge in [-0.2, -0.15) is 0 Å². The molecule has 1 aliphatic heterocycles. The predicted octanol–water partition coefficient (Wildman–Crippen LogP) is 0.357. The van der Waals surface area contributed by atoms with Gasteiger partial charge in [-0.1, -0.05) is 0 Å². The molecule has 0 aromatic heterocycles. The third-order valence-electron chi connectivity index (χ3n) is 3.24. The van der Waals surface area contributed by atoms with Gasteiger partial charge in [0.2, 0.25) is 0 Å². The van der Waals surface area contributed by atoms with Crippen LogP contribution in [0, 0.1) is 5.92 Å². The van der Waals surface area contributed by atoms with Gasteiger partial charge in [-0.05, 0) is 19.3 Å². The Morgan fingerprint density at radius 2 is 2.46 bits per heavy atom. The van der Waals surface area contributed by atoms with E-state index in [1.807, 2.05) is 0 Å². The van der Waals surface area contributed by atoms with Gasteiger partial charge >= 0.3 is 5.97 Å². The lowest BCUT2D eigenvalue weighted by atomic mass is 9.60. The molecule has 4 heteroatoms. The Labute approximate surface area is 77.1 Å². The van der Waals surface area contributed by atoms with Gasteiger partial charge in [-0.3, -0.25) is 4.79 Å². The molecule has 0 aromatic rings. The van der Waals surface area contributed by atoms with E-state index in [9.17, 15) is 4.79 Å². The number of carboxylic acid groups (broad SMARTS) is 1. The van der Waals surface area contributed by atoms with Crippen LogP contribution in [0.1, 0.15) is 25.7 Å². The summed E-state index contributed by atoms with van der Waals surface area (Å²) in [5.41, 5.74) is 5.51. The van der Waals surface area contributed by atoms with Crippen molar-refractivity contribution in [2.45, 2.75) is 37.3 Å². The second-order valence-electron chi connectivity index (χ2n) is 4.17. The fourth-order valence-corrected chi connectivity index (χ4v) is 2.55. The normalized spacial score (nSPS) is 43.5. The SMILES string of the molecule is NC1(CC(=O)O)C[C@H]2OCCC[C@H]21. The van der Waals surface area contributed by atoms with Crippen LogP contribution in [0.25, 0.3) is 0 Å². The number of fused-ring (bicyclic) bond motifs is 1. The van der Waals surface area contributed by atoms with Crippen LogP contribution in [0.5, 0.6) is 0 Å². The van der Waals surface area contributed by atoms with Gasteiger partial charge in [0.05, 0.1) is 12.5 Å². The highest BCUT2D eigenvalue weighted by Crippen LogP contribution is 2.46. The Morgan fingerprint density at radius 3 is 3.08 bits per heavy atom. The first kappa shape index (κ1) is 8.97. The quantitative estimate of drug-likeness (QED) is 0.651. The van der Waals surface area contributed by atoms with Gasteiger partial charge in [0.1, 0.15) is 0 Å². The first-order chi connectivity index (χ1) is 6.12. The summed E-state index contributed by atoms with van der Waals surface area (Å²) in [5.74, 6) is -0.524. The first-order valence-corrected chi connectivity index (χ1v) is 4.74. The lowest BCUT2D eigenvalue weighted by Gasteiger charge is -2.54. The zero-order valence-electron chi connectivity index (χ0n) is 7.53. The Balaban J connectivity index is 1.98. The van der Waals surface area contributed by atoms with E-state index in [2.05, 4.69) is 0 Å². The maximum atomic E-state index is 10.6. The Hall–Kier alpha value is -0.610. The molecular formula is C9H15NO3. The molecule has 1 aliphatic carbocycles. The van der Waals surface area contributed by atoms with Crippen molar-refractivity contribution in [3.63, 3.8) is 0 Å². The molecule has 1 unspecified atom stereocenters. The largest absolute Gasteiger partial charge is 0.481 e. The number of rotatable bonds is 2. The summed E-state index contributed by atoms with van der Waals surface area (Å²) in [6.45, 7) is 0.810. The van der Waals surface area contributed by atoms with Crippen LogP contribution in [0.4, 0.5) is 0 Å². The third kappa shape index (κ3) is 1.44. The zero-order valence-corrected chi connectivity index (χ0v) is 7.53. The lowest BCUT2D eigenvalue weighted by Crippen LogP contribution is -2.66. The Bertz CT molecular complexity index is 231. The molecule has 0 aromatic carbocycles. The molecule has 0 amide bonds. The second-order valence-corrected chi connectivity index (χ2v) is 4.17. The molecule has 1 saturated heterocycles. The van der Waals surface area contributed by atoms with Crippen molar-refractivity contribution in [2.24, 2.45) is 11.7 Å². The molecule has 3 atom stereocenters. The molecule has 0 spiro atoms. The maximum absolute atomic E-state index is 10.6. The summed E-state index contributed by atoms with van der Waals surface area (Å²) in [6, 6.07) is 0. The number of hydrogen-bond acceptors (Lipinski definition) is 3. The number of ether oxygens (including phenoxy) is 1. The van der Waals surface area contributed by atoms with E-state index in [1.165, 1.54) is 0 Å². The molecule has 74 valence electrons. The molecule has 1 heterocycles. The van der Waals surface area contributed by atoms with Gasteiger partial charge < -0.3 is 15.6 Å². The number of carboxylic acids is 1. The van der Waals surface area contributed by atoms with Gasteiger partial charge in [0.25, 0.3) is 0 Å². The van der Waals surface area contributed by atoms with Crippen molar-refractivity contribution in [1.29, 1.82) is 0 Å². The van der Waals surface area contributed by atoms with Crippen LogP contribution in [0.2, 0.25) is 0 Å².